The summed E-state index contributed by atoms with van der Waals surface area (Å²) in [5.74, 6) is 0.539. The van der Waals surface area contributed by atoms with E-state index in [-0.39, 0.29) is 17.6 Å². The van der Waals surface area contributed by atoms with Gasteiger partial charge in [0.25, 0.3) is 0 Å². The molecule has 6 nitrogen and oxygen atoms in total. The van der Waals surface area contributed by atoms with Crippen LogP contribution in [0.2, 0.25) is 0 Å². The van der Waals surface area contributed by atoms with E-state index in [1.807, 2.05) is 18.2 Å². The van der Waals surface area contributed by atoms with Crippen LogP contribution in [0.3, 0.4) is 0 Å². The van der Waals surface area contributed by atoms with Crippen molar-refractivity contribution < 1.29 is 28.6 Å². The molecule has 8 heteroatoms. The minimum absolute atomic E-state index is 0.0772. The summed E-state index contributed by atoms with van der Waals surface area (Å²) in [4.78, 5) is 17.9. The molecule has 0 aromatic heterocycles. The topological polar surface area (TPSA) is 86.1 Å². The summed E-state index contributed by atoms with van der Waals surface area (Å²) in [5.41, 5.74) is 7.90. The number of halogens is 2. The second-order valence-corrected chi connectivity index (χ2v) is 7.57. The number of amides is 1. The molecule has 0 saturated carbocycles. The third-order valence-corrected chi connectivity index (χ3v) is 5.82. The Kier molecular flexibility index (Phi) is 4.74. The number of alkyl halides is 2. The molecule has 1 unspecified atom stereocenters. The Morgan fingerprint density at radius 3 is 2.52 bits per heavy atom. The zero-order chi connectivity index (χ0) is 20.8. The molecule has 4 rings (SSSR count). The minimum Gasteiger partial charge on any atom is -0.435 e. The smallest absolute Gasteiger partial charge is 0.387 e. The molecule has 1 saturated heterocycles. The van der Waals surface area contributed by atoms with E-state index in [1.54, 1.807) is 26.1 Å². The van der Waals surface area contributed by atoms with Gasteiger partial charge in [0, 0.05) is 11.1 Å². The first-order valence-electron chi connectivity index (χ1n) is 9.49. The molecule has 5 N–H and O–H groups in total. The standard InChI is InChI=1S/C21H22F2N4O2/c1-12-8-16(6-7-17(12)29-19(22)23)21(18(28)27(2)20(24)26-21)15-5-3-4-13(9-15)14-10-25-11-14/h3-9,14,19,25H,10-11H2,1-2H3,(H2,24,26)/p+2. The Morgan fingerprint density at radius 2 is 1.97 bits per heavy atom. The highest BCUT2D eigenvalue weighted by molar-refractivity contribution is 6.03. The van der Waals surface area contributed by atoms with Gasteiger partial charge in [-0.25, -0.2) is 4.90 Å². The third kappa shape index (κ3) is 3.13. The molecule has 0 radical (unpaired) electrons. The first-order valence-corrected chi connectivity index (χ1v) is 9.49. The third-order valence-electron chi connectivity index (χ3n) is 5.82. The highest BCUT2D eigenvalue weighted by Gasteiger charge is 2.54. The van der Waals surface area contributed by atoms with E-state index in [1.165, 1.54) is 16.5 Å². The van der Waals surface area contributed by atoms with Gasteiger partial charge in [0.15, 0.2) is 0 Å². The van der Waals surface area contributed by atoms with Gasteiger partial charge in [-0.2, -0.15) is 8.78 Å². The average Bonchev–Trinajstić information content (AvgIpc) is 2.87. The number of nitrogens with two attached hydrogens (primary N) is 2. The second kappa shape index (κ2) is 7.11. The van der Waals surface area contributed by atoms with Crippen molar-refractivity contribution >= 4 is 11.9 Å². The number of likely N-dealkylation sites (N-methyl/N-ethyl adjacent to an activating group) is 1. The van der Waals surface area contributed by atoms with Crippen LogP contribution in [-0.2, 0) is 10.3 Å². The van der Waals surface area contributed by atoms with Gasteiger partial charge >= 0.3 is 18.5 Å². The van der Waals surface area contributed by atoms with Crippen molar-refractivity contribution in [2.45, 2.75) is 25.0 Å². The molecule has 1 atom stereocenters. The number of nitrogens with one attached hydrogen (secondary N) is 1. The Morgan fingerprint density at radius 1 is 1.24 bits per heavy atom. The van der Waals surface area contributed by atoms with Crippen molar-refractivity contribution in [2.24, 2.45) is 5.73 Å². The van der Waals surface area contributed by atoms with E-state index in [0.29, 0.717) is 17.0 Å². The van der Waals surface area contributed by atoms with E-state index in [2.05, 4.69) is 21.1 Å². The van der Waals surface area contributed by atoms with Crippen LogP contribution in [0, 0.1) is 6.92 Å². The summed E-state index contributed by atoms with van der Waals surface area (Å²) in [7, 11) is 1.61. The molecule has 2 aromatic rings. The molecule has 2 heterocycles. The van der Waals surface area contributed by atoms with Crippen molar-refractivity contribution in [3.8, 4) is 5.75 Å². The van der Waals surface area contributed by atoms with Gasteiger partial charge in [-0.3, -0.25) is 15.5 Å². The lowest BCUT2D eigenvalue weighted by Gasteiger charge is -2.27. The van der Waals surface area contributed by atoms with Crippen LogP contribution in [0.4, 0.5) is 8.78 Å². The molecule has 1 fully saturated rings. The van der Waals surface area contributed by atoms with Gasteiger partial charge in [0.05, 0.1) is 26.1 Å². The van der Waals surface area contributed by atoms with E-state index in [0.717, 1.165) is 18.7 Å². The maximum atomic E-state index is 13.4. The number of nitrogens with zero attached hydrogens (tertiary/aromatic N) is 1. The number of hydrogen-bond acceptors (Lipinski definition) is 3. The number of benzene rings is 2. The Labute approximate surface area is 167 Å². The monoisotopic (exact) mass is 402 g/mol. The number of ether oxygens (including phenoxy) is 1. The Balaban J connectivity index is 1.86. The zero-order valence-electron chi connectivity index (χ0n) is 16.3. The normalized spacial score (nSPS) is 22.0. The van der Waals surface area contributed by atoms with Crippen molar-refractivity contribution in [3.05, 3.63) is 64.7 Å². The molecule has 0 spiro atoms. The van der Waals surface area contributed by atoms with E-state index >= 15 is 0 Å². The Hall–Kier alpha value is -3.00. The van der Waals surface area contributed by atoms with E-state index in [4.69, 9.17) is 5.73 Å². The summed E-state index contributed by atoms with van der Waals surface area (Å²) in [6.45, 7) is 0.798. The van der Waals surface area contributed by atoms with Crippen molar-refractivity contribution in [1.82, 2.24) is 4.90 Å². The fraction of sp³-hybridized carbons (Fsp3) is 0.333. The van der Waals surface area contributed by atoms with Crippen LogP contribution in [0.25, 0.3) is 0 Å². The summed E-state index contributed by atoms with van der Waals surface area (Å²) in [5, 5.41) is 2.23. The number of guanidine groups is 1. The summed E-state index contributed by atoms with van der Waals surface area (Å²) in [6, 6.07) is 12.7. The van der Waals surface area contributed by atoms with Crippen molar-refractivity contribution in [1.29, 1.82) is 0 Å². The molecule has 152 valence electrons. The van der Waals surface area contributed by atoms with Crippen molar-refractivity contribution in [2.75, 3.05) is 20.1 Å². The first kappa shape index (κ1) is 19.3. The van der Waals surface area contributed by atoms with Crippen LogP contribution in [-0.4, -0.2) is 43.5 Å². The Bertz CT molecular complexity index is 990. The number of aryl methyl sites for hydroxylation is 1. The molecule has 0 bridgehead atoms. The van der Waals surface area contributed by atoms with Crippen molar-refractivity contribution in [3.63, 3.8) is 0 Å². The average molecular weight is 402 g/mol. The highest BCUT2D eigenvalue weighted by Crippen LogP contribution is 2.34. The fourth-order valence-corrected chi connectivity index (χ4v) is 3.99. The number of carbonyl (C=O) groups is 1. The summed E-state index contributed by atoms with van der Waals surface area (Å²) >= 11 is 0. The fourth-order valence-electron chi connectivity index (χ4n) is 3.99. The van der Waals surface area contributed by atoms with Crippen LogP contribution >= 0.6 is 0 Å². The van der Waals surface area contributed by atoms with Crippen LogP contribution in [0.1, 0.15) is 28.2 Å². The minimum atomic E-state index is -2.91. The first-order chi connectivity index (χ1) is 13.8. The van der Waals surface area contributed by atoms with Gasteiger partial charge in [-0.05, 0) is 30.2 Å². The maximum absolute atomic E-state index is 13.4. The van der Waals surface area contributed by atoms with E-state index < -0.39 is 12.2 Å². The SMILES string of the molecule is Cc1cc(C2(c3cccc(C4C[NH2+]C4)c3)[NH+]=C(N)N(C)C2=O)ccc1OC(F)F. The summed E-state index contributed by atoms with van der Waals surface area (Å²) < 4.78 is 29.9. The lowest BCUT2D eigenvalue weighted by Crippen LogP contribution is -2.95. The molecule has 2 aromatic carbocycles. The predicted octanol–water partition coefficient (Wildman–Crippen LogP) is -0.632. The number of quaternary nitrogens is 1. The molecule has 29 heavy (non-hydrogen) atoms. The van der Waals surface area contributed by atoms with Gasteiger partial charge in [0.1, 0.15) is 5.75 Å². The maximum Gasteiger partial charge on any atom is 0.387 e. The lowest BCUT2D eigenvalue weighted by molar-refractivity contribution is -0.712. The van der Waals surface area contributed by atoms with Gasteiger partial charge in [0.2, 0.25) is 5.54 Å². The largest absolute Gasteiger partial charge is 0.435 e. The molecule has 1 amide bonds. The van der Waals surface area contributed by atoms with Gasteiger partial charge < -0.3 is 10.1 Å². The number of rotatable bonds is 5. The molecular formula is C21H24F2N4O2+2. The van der Waals surface area contributed by atoms with Crippen LogP contribution in [0.5, 0.6) is 5.75 Å². The molecule has 2 aliphatic rings. The van der Waals surface area contributed by atoms with Crippen LogP contribution < -0.4 is 20.8 Å². The van der Waals surface area contributed by atoms with E-state index in [9.17, 15) is 13.6 Å². The quantitative estimate of drug-likeness (QED) is 0.623. The molecule has 0 aliphatic carbocycles. The van der Waals surface area contributed by atoms with Gasteiger partial charge in [-0.15, -0.1) is 0 Å². The number of hydrogen-bond donors (Lipinski definition) is 3. The zero-order valence-corrected chi connectivity index (χ0v) is 16.3. The summed E-state index contributed by atoms with van der Waals surface area (Å²) in [6.07, 6.45) is 0. The molecule has 2 aliphatic heterocycles. The highest BCUT2D eigenvalue weighted by atomic mass is 19.3. The van der Waals surface area contributed by atoms with Crippen LogP contribution in [0.15, 0.2) is 42.5 Å². The predicted molar refractivity (Wildman–Crippen MR) is 102 cm³/mol. The van der Waals surface area contributed by atoms with Gasteiger partial charge in [-0.1, -0.05) is 30.3 Å². The lowest BCUT2D eigenvalue weighted by atomic mass is 9.80. The second-order valence-electron chi connectivity index (χ2n) is 7.57. The molecular weight excluding hydrogens is 378 g/mol. The number of carbonyl (C=O) groups excluding carboxylic acids is 1.